The molecule has 0 spiro atoms. The van der Waals surface area contributed by atoms with Crippen molar-refractivity contribution < 1.29 is 22.7 Å². The van der Waals surface area contributed by atoms with Crippen molar-refractivity contribution in [3.8, 4) is 5.75 Å². The van der Waals surface area contributed by atoms with Crippen molar-refractivity contribution in [2.75, 3.05) is 0 Å². The Morgan fingerprint density at radius 3 is 2.23 bits per heavy atom. The average Bonchev–Trinajstić information content (AvgIpc) is 1.98. The molecule has 0 saturated heterocycles. The summed E-state index contributed by atoms with van der Waals surface area (Å²) in [4.78, 5) is 0. The van der Waals surface area contributed by atoms with Gasteiger partial charge in [0.05, 0.1) is 10.0 Å². The van der Waals surface area contributed by atoms with Crippen LogP contribution in [0.4, 0.5) is 17.6 Å². The van der Waals surface area contributed by atoms with Gasteiger partial charge in [-0.1, -0.05) is 0 Å². The van der Waals surface area contributed by atoms with Crippen LogP contribution >= 0.6 is 15.9 Å². The number of rotatable bonds is 0. The topological polar surface area (TPSA) is 20.2 Å². The molecule has 0 atom stereocenters. The van der Waals surface area contributed by atoms with E-state index in [9.17, 15) is 17.6 Å². The van der Waals surface area contributed by atoms with Gasteiger partial charge in [0.25, 0.3) is 0 Å². The van der Waals surface area contributed by atoms with Crippen molar-refractivity contribution in [3.05, 3.63) is 28.0 Å². The Kier molecular flexibility index (Phi) is 2.51. The molecule has 13 heavy (non-hydrogen) atoms. The fourth-order valence-electron chi connectivity index (χ4n) is 0.760. The SMILES string of the molecule is Oc1c(F)ccc(C(F)(F)F)c1Br. The van der Waals surface area contributed by atoms with Crippen LogP contribution < -0.4 is 0 Å². The maximum Gasteiger partial charge on any atom is 0.417 e. The number of halogens is 5. The van der Waals surface area contributed by atoms with Crippen molar-refractivity contribution in [1.29, 1.82) is 0 Å². The third-order valence-electron chi connectivity index (χ3n) is 1.37. The predicted octanol–water partition coefficient (Wildman–Crippen LogP) is 3.31. The summed E-state index contributed by atoms with van der Waals surface area (Å²) in [6.07, 6.45) is -4.61. The van der Waals surface area contributed by atoms with Gasteiger partial charge in [-0.3, -0.25) is 0 Å². The second kappa shape index (κ2) is 3.17. The highest BCUT2D eigenvalue weighted by molar-refractivity contribution is 9.10. The summed E-state index contributed by atoms with van der Waals surface area (Å²) < 4.78 is 48.1. The van der Waals surface area contributed by atoms with E-state index in [1.54, 1.807) is 0 Å². The highest BCUT2D eigenvalue weighted by atomic mass is 79.9. The summed E-state index contributed by atoms with van der Waals surface area (Å²) >= 11 is 2.46. The zero-order valence-electron chi connectivity index (χ0n) is 5.99. The third-order valence-corrected chi connectivity index (χ3v) is 2.18. The Morgan fingerprint density at radius 1 is 1.23 bits per heavy atom. The standard InChI is InChI=1S/C7H3BrF4O/c8-5-3(7(10,11)12)1-2-4(9)6(5)13/h1-2,13H. The van der Waals surface area contributed by atoms with Crippen LogP contribution in [0.25, 0.3) is 0 Å². The molecule has 0 radical (unpaired) electrons. The fourth-order valence-corrected chi connectivity index (χ4v) is 1.31. The second-order valence-electron chi connectivity index (χ2n) is 2.26. The van der Waals surface area contributed by atoms with Gasteiger partial charge in [0.1, 0.15) is 0 Å². The molecule has 1 aromatic rings. The number of hydrogen-bond donors (Lipinski definition) is 1. The molecule has 1 nitrogen and oxygen atoms in total. The molecule has 0 bridgehead atoms. The molecule has 1 rings (SSSR count). The maximum atomic E-state index is 12.5. The molecule has 0 aliphatic carbocycles. The second-order valence-corrected chi connectivity index (χ2v) is 3.05. The summed E-state index contributed by atoms with van der Waals surface area (Å²) in [5.41, 5.74) is -1.11. The van der Waals surface area contributed by atoms with Crippen molar-refractivity contribution in [3.63, 3.8) is 0 Å². The first kappa shape index (κ1) is 10.3. The number of phenols is 1. The highest BCUT2D eigenvalue weighted by Gasteiger charge is 2.34. The summed E-state index contributed by atoms with van der Waals surface area (Å²) in [6.45, 7) is 0. The number of benzene rings is 1. The first-order valence-electron chi connectivity index (χ1n) is 3.08. The maximum absolute atomic E-state index is 12.5. The van der Waals surface area contributed by atoms with E-state index in [4.69, 9.17) is 5.11 Å². The molecule has 0 heterocycles. The van der Waals surface area contributed by atoms with Gasteiger partial charge in [-0.2, -0.15) is 13.2 Å². The van der Waals surface area contributed by atoms with Crippen molar-refractivity contribution in [2.45, 2.75) is 6.18 Å². The molecule has 0 fully saturated rings. The van der Waals surface area contributed by atoms with Crippen LogP contribution in [0.15, 0.2) is 16.6 Å². The Bertz CT molecular complexity index is 334. The van der Waals surface area contributed by atoms with Gasteiger partial charge >= 0.3 is 6.18 Å². The summed E-state index contributed by atoms with van der Waals surface area (Å²) in [7, 11) is 0. The third kappa shape index (κ3) is 1.93. The van der Waals surface area contributed by atoms with Crippen LogP contribution in [0.2, 0.25) is 0 Å². The molecular formula is C7H3BrF4O. The lowest BCUT2D eigenvalue weighted by Crippen LogP contribution is -2.06. The van der Waals surface area contributed by atoms with E-state index in [-0.39, 0.29) is 0 Å². The fraction of sp³-hybridized carbons (Fsp3) is 0.143. The highest BCUT2D eigenvalue weighted by Crippen LogP contribution is 2.39. The van der Waals surface area contributed by atoms with Gasteiger partial charge in [-0.25, -0.2) is 4.39 Å². The molecule has 0 aromatic heterocycles. The Morgan fingerprint density at radius 2 is 1.77 bits per heavy atom. The largest absolute Gasteiger partial charge is 0.504 e. The zero-order valence-corrected chi connectivity index (χ0v) is 7.58. The lowest BCUT2D eigenvalue weighted by atomic mass is 10.2. The number of alkyl halides is 3. The van der Waals surface area contributed by atoms with E-state index in [1.165, 1.54) is 0 Å². The molecule has 1 aromatic carbocycles. The van der Waals surface area contributed by atoms with Crippen LogP contribution in [0.5, 0.6) is 5.75 Å². The van der Waals surface area contributed by atoms with Crippen LogP contribution in [0, 0.1) is 5.82 Å². The van der Waals surface area contributed by atoms with Gasteiger partial charge < -0.3 is 5.11 Å². The number of hydrogen-bond acceptors (Lipinski definition) is 1. The number of phenolic OH excluding ortho intramolecular Hbond substituents is 1. The van der Waals surface area contributed by atoms with E-state index in [1.807, 2.05) is 0 Å². The molecule has 0 aliphatic rings. The van der Waals surface area contributed by atoms with Gasteiger partial charge in [-0.05, 0) is 28.1 Å². The van der Waals surface area contributed by atoms with Crippen molar-refractivity contribution in [1.82, 2.24) is 0 Å². The van der Waals surface area contributed by atoms with E-state index in [0.717, 1.165) is 0 Å². The Balaban J connectivity index is 3.35. The molecule has 0 unspecified atom stereocenters. The average molecular weight is 259 g/mol. The van der Waals surface area contributed by atoms with Crippen LogP contribution in [0.3, 0.4) is 0 Å². The van der Waals surface area contributed by atoms with E-state index in [0.29, 0.717) is 12.1 Å². The summed E-state index contributed by atoms with van der Waals surface area (Å²) in [5.74, 6) is -2.13. The monoisotopic (exact) mass is 258 g/mol. The molecule has 0 amide bonds. The zero-order chi connectivity index (χ0) is 10.2. The minimum absolute atomic E-state index is 0.555. The van der Waals surface area contributed by atoms with Gasteiger partial charge in [-0.15, -0.1) is 0 Å². The van der Waals surface area contributed by atoms with E-state index < -0.39 is 27.8 Å². The molecule has 72 valence electrons. The number of aromatic hydroxyl groups is 1. The molecule has 1 N–H and O–H groups in total. The van der Waals surface area contributed by atoms with Crippen LogP contribution in [0.1, 0.15) is 5.56 Å². The quantitative estimate of drug-likeness (QED) is 0.708. The van der Waals surface area contributed by atoms with Gasteiger partial charge in [0, 0.05) is 0 Å². The van der Waals surface area contributed by atoms with Crippen molar-refractivity contribution in [2.24, 2.45) is 0 Å². The van der Waals surface area contributed by atoms with Crippen LogP contribution in [-0.2, 0) is 6.18 Å². The molecule has 0 saturated carbocycles. The van der Waals surface area contributed by atoms with E-state index in [2.05, 4.69) is 15.9 Å². The molecule has 0 aliphatic heterocycles. The Hall–Kier alpha value is -0.780. The molecule has 6 heteroatoms. The van der Waals surface area contributed by atoms with Gasteiger partial charge in [0.15, 0.2) is 11.6 Å². The Labute approximate surface area is 79.1 Å². The first-order chi connectivity index (χ1) is 5.84. The normalized spacial score (nSPS) is 11.8. The van der Waals surface area contributed by atoms with Crippen LogP contribution in [-0.4, -0.2) is 5.11 Å². The van der Waals surface area contributed by atoms with Gasteiger partial charge in [0.2, 0.25) is 0 Å². The minimum Gasteiger partial charge on any atom is -0.504 e. The lowest BCUT2D eigenvalue weighted by Gasteiger charge is -2.09. The first-order valence-corrected chi connectivity index (χ1v) is 3.87. The lowest BCUT2D eigenvalue weighted by molar-refractivity contribution is -0.138. The summed E-state index contributed by atoms with van der Waals surface area (Å²) in [5, 5.41) is 8.83. The molecular weight excluding hydrogens is 256 g/mol. The smallest absolute Gasteiger partial charge is 0.417 e. The predicted molar refractivity (Wildman–Crippen MR) is 40.8 cm³/mol. The van der Waals surface area contributed by atoms with Crippen molar-refractivity contribution >= 4 is 15.9 Å². The minimum atomic E-state index is -4.61. The van der Waals surface area contributed by atoms with E-state index >= 15 is 0 Å². The summed E-state index contributed by atoms with van der Waals surface area (Å²) in [6, 6.07) is 1.11.